The molecule has 2 saturated heterocycles. The second-order valence-corrected chi connectivity index (χ2v) is 6.38. The van der Waals surface area contributed by atoms with Crippen molar-refractivity contribution < 1.29 is 0 Å². The van der Waals surface area contributed by atoms with Crippen LogP contribution in [0, 0.1) is 5.41 Å². The van der Waals surface area contributed by atoms with Crippen molar-refractivity contribution >= 4 is 0 Å². The van der Waals surface area contributed by atoms with Crippen LogP contribution in [0.4, 0.5) is 0 Å². The Morgan fingerprint density at radius 2 is 1.88 bits per heavy atom. The Hall–Kier alpha value is -0.120. The number of nitrogens with one attached hydrogen (secondary N) is 1. The molecular weight excluding hydrogens is 198 g/mol. The number of hydrogen-bond donors (Lipinski definition) is 1. The number of rotatable bonds is 2. The average molecular weight is 225 g/mol. The highest BCUT2D eigenvalue weighted by atomic mass is 15.2. The third kappa shape index (κ3) is 3.44. The van der Waals surface area contributed by atoms with E-state index >= 15 is 0 Å². The van der Waals surface area contributed by atoms with Gasteiger partial charge < -0.3 is 15.1 Å². The Morgan fingerprint density at radius 3 is 2.50 bits per heavy atom. The molecule has 1 N–H and O–H groups in total. The molecule has 2 aliphatic heterocycles. The molecule has 0 aromatic heterocycles. The first-order valence-electron chi connectivity index (χ1n) is 6.69. The van der Waals surface area contributed by atoms with Crippen molar-refractivity contribution in [1.82, 2.24) is 15.1 Å². The van der Waals surface area contributed by atoms with E-state index in [9.17, 15) is 0 Å². The number of nitrogens with zero attached hydrogens (tertiary/aromatic N) is 2. The lowest BCUT2D eigenvalue weighted by atomic mass is 9.82. The summed E-state index contributed by atoms with van der Waals surface area (Å²) in [7, 11) is 2.23. The van der Waals surface area contributed by atoms with Crippen LogP contribution in [0.5, 0.6) is 0 Å². The van der Waals surface area contributed by atoms with Crippen LogP contribution in [-0.4, -0.2) is 62.2 Å². The van der Waals surface area contributed by atoms with Gasteiger partial charge in [-0.3, -0.25) is 0 Å². The van der Waals surface area contributed by atoms with E-state index in [2.05, 4.69) is 36.0 Å². The van der Waals surface area contributed by atoms with E-state index in [-0.39, 0.29) is 0 Å². The predicted molar refractivity (Wildman–Crippen MR) is 68.7 cm³/mol. The predicted octanol–water partition coefficient (Wildman–Crippen LogP) is 1.01. The fraction of sp³-hybridized carbons (Fsp3) is 1.00. The Kier molecular flexibility index (Phi) is 3.88. The van der Waals surface area contributed by atoms with E-state index in [1.54, 1.807) is 0 Å². The molecule has 16 heavy (non-hydrogen) atoms. The molecule has 94 valence electrons. The average Bonchev–Trinajstić information content (AvgIpc) is 2.21. The second-order valence-electron chi connectivity index (χ2n) is 6.38. The fourth-order valence-electron chi connectivity index (χ4n) is 2.77. The summed E-state index contributed by atoms with van der Waals surface area (Å²) in [5, 5.41) is 3.63. The molecule has 3 nitrogen and oxygen atoms in total. The standard InChI is InChI=1S/C13H27N3/c1-13(2)4-7-16(8-5-13)11-12-10-15(3)9-6-14-12/h12,14H,4-11H2,1-3H3. The fourth-order valence-corrected chi connectivity index (χ4v) is 2.77. The summed E-state index contributed by atoms with van der Waals surface area (Å²) < 4.78 is 0. The molecule has 0 aromatic rings. The van der Waals surface area contributed by atoms with E-state index < -0.39 is 0 Å². The van der Waals surface area contributed by atoms with Crippen LogP contribution in [0.15, 0.2) is 0 Å². The topological polar surface area (TPSA) is 18.5 Å². The molecule has 0 amide bonds. The van der Waals surface area contributed by atoms with Gasteiger partial charge in [0.2, 0.25) is 0 Å². The molecule has 0 aliphatic carbocycles. The molecule has 0 aromatic carbocycles. The van der Waals surface area contributed by atoms with Gasteiger partial charge in [0, 0.05) is 32.2 Å². The third-order valence-electron chi connectivity index (χ3n) is 4.15. The molecule has 2 rings (SSSR count). The summed E-state index contributed by atoms with van der Waals surface area (Å²) in [4.78, 5) is 5.08. The first kappa shape index (κ1) is 12.3. The van der Waals surface area contributed by atoms with Gasteiger partial charge in [-0.05, 0) is 38.4 Å². The summed E-state index contributed by atoms with van der Waals surface area (Å²) in [6, 6.07) is 0.681. The van der Waals surface area contributed by atoms with Gasteiger partial charge in [0.05, 0.1) is 0 Å². The van der Waals surface area contributed by atoms with Gasteiger partial charge in [-0.2, -0.15) is 0 Å². The number of likely N-dealkylation sites (tertiary alicyclic amines) is 1. The molecular formula is C13H27N3. The van der Waals surface area contributed by atoms with Crippen LogP contribution in [0.2, 0.25) is 0 Å². The van der Waals surface area contributed by atoms with Crippen LogP contribution in [0.1, 0.15) is 26.7 Å². The largest absolute Gasteiger partial charge is 0.310 e. The summed E-state index contributed by atoms with van der Waals surface area (Å²) in [5.41, 5.74) is 0.577. The third-order valence-corrected chi connectivity index (χ3v) is 4.15. The van der Waals surface area contributed by atoms with Crippen molar-refractivity contribution in [3.8, 4) is 0 Å². The van der Waals surface area contributed by atoms with E-state index in [0.29, 0.717) is 11.5 Å². The van der Waals surface area contributed by atoms with Gasteiger partial charge in [-0.25, -0.2) is 0 Å². The van der Waals surface area contributed by atoms with Crippen LogP contribution >= 0.6 is 0 Å². The highest BCUT2D eigenvalue weighted by Crippen LogP contribution is 2.29. The van der Waals surface area contributed by atoms with Gasteiger partial charge in [-0.1, -0.05) is 13.8 Å². The second kappa shape index (κ2) is 5.03. The quantitative estimate of drug-likeness (QED) is 0.757. The van der Waals surface area contributed by atoms with Crippen molar-refractivity contribution in [2.75, 3.05) is 46.3 Å². The molecule has 0 spiro atoms. The summed E-state index contributed by atoms with van der Waals surface area (Å²) in [5.74, 6) is 0. The van der Waals surface area contributed by atoms with Crippen LogP contribution in [0.3, 0.4) is 0 Å². The van der Waals surface area contributed by atoms with Gasteiger partial charge >= 0.3 is 0 Å². The van der Waals surface area contributed by atoms with Crippen molar-refractivity contribution in [2.24, 2.45) is 5.41 Å². The van der Waals surface area contributed by atoms with E-state index in [0.717, 1.165) is 6.54 Å². The summed E-state index contributed by atoms with van der Waals surface area (Å²) in [6.07, 6.45) is 2.71. The van der Waals surface area contributed by atoms with Crippen LogP contribution in [0.25, 0.3) is 0 Å². The lowest BCUT2D eigenvalue weighted by Crippen LogP contribution is -2.54. The lowest BCUT2D eigenvalue weighted by molar-refractivity contribution is 0.108. The molecule has 0 saturated carbocycles. The number of hydrogen-bond acceptors (Lipinski definition) is 3. The molecule has 2 aliphatic rings. The van der Waals surface area contributed by atoms with Crippen molar-refractivity contribution in [3.63, 3.8) is 0 Å². The Balaban J connectivity index is 1.74. The van der Waals surface area contributed by atoms with Gasteiger partial charge in [0.25, 0.3) is 0 Å². The molecule has 0 radical (unpaired) electrons. The highest BCUT2D eigenvalue weighted by Gasteiger charge is 2.27. The number of piperazine rings is 1. The zero-order valence-electron chi connectivity index (χ0n) is 11.1. The Labute approximate surface area is 100 Å². The van der Waals surface area contributed by atoms with E-state index in [1.165, 1.54) is 45.6 Å². The SMILES string of the molecule is CN1CCNC(CN2CCC(C)(C)CC2)C1. The van der Waals surface area contributed by atoms with Crippen molar-refractivity contribution in [3.05, 3.63) is 0 Å². The maximum absolute atomic E-state index is 3.63. The molecule has 0 bridgehead atoms. The van der Waals surface area contributed by atoms with Crippen molar-refractivity contribution in [2.45, 2.75) is 32.7 Å². The molecule has 2 fully saturated rings. The number of piperidine rings is 1. The minimum atomic E-state index is 0.577. The number of likely N-dealkylation sites (N-methyl/N-ethyl adjacent to an activating group) is 1. The van der Waals surface area contributed by atoms with E-state index in [4.69, 9.17) is 0 Å². The molecule has 1 unspecified atom stereocenters. The first-order valence-corrected chi connectivity index (χ1v) is 6.69. The summed E-state index contributed by atoms with van der Waals surface area (Å²) >= 11 is 0. The molecule has 2 heterocycles. The van der Waals surface area contributed by atoms with E-state index in [1.807, 2.05) is 0 Å². The normalized spacial score (nSPS) is 32.8. The van der Waals surface area contributed by atoms with Crippen molar-refractivity contribution in [1.29, 1.82) is 0 Å². The molecule has 3 heteroatoms. The Bertz CT molecular complexity index is 217. The monoisotopic (exact) mass is 225 g/mol. The maximum Gasteiger partial charge on any atom is 0.0323 e. The minimum absolute atomic E-state index is 0.577. The maximum atomic E-state index is 3.63. The smallest absolute Gasteiger partial charge is 0.0323 e. The van der Waals surface area contributed by atoms with Gasteiger partial charge in [0.1, 0.15) is 0 Å². The zero-order chi connectivity index (χ0) is 11.6. The van der Waals surface area contributed by atoms with Crippen LogP contribution < -0.4 is 5.32 Å². The van der Waals surface area contributed by atoms with Gasteiger partial charge in [0.15, 0.2) is 0 Å². The summed E-state index contributed by atoms with van der Waals surface area (Å²) in [6.45, 7) is 12.2. The lowest BCUT2D eigenvalue weighted by Gasteiger charge is -2.40. The zero-order valence-corrected chi connectivity index (χ0v) is 11.1. The minimum Gasteiger partial charge on any atom is -0.310 e. The highest BCUT2D eigenvalue weighted by molar-refractivity contribution is 4.84. The van der Waals surface area contributed by atoms with Crippen LogP contribution in [-0.2, 0) is 0 Å². The van der Waals surface area contributed by atoms with Gasteiger partial charge in [-0.15, -0.1) is 0 Å². The Morgan fingerprint density at radius 1 is 1.19 bits per heavy atom. The molecule has 1 atom stereocenters. The first-order chi connectivity index (χ1) is 7.55.